The van der Waals surface area contributed by atoms with Gasteiger partial charge in [0.2, 0.25) is 0 Å². The molecule has 2 aromatic heterocycles. The highest BCUT2D eigenvalue weighted by atomic mass is 19.1. The van der Waals surface area contributed by atoms with Crippen molar-refractivity contribution in [3.05, 3.63) is 48.3 Å². The molecular formula is C50H80B10F2N8O7. The topological polar surface area (TPSA) is 143 Å². The predicted molar refractivity (Wildman–Crippen MR) is 313 cm³/mol. The standard InChI is InChI=1S/C20H30FN3O3.C15H22FN3O.C15H28N2O3.B9.B/c1-20(2,3)27-19(25)24-12-8-17(9-13-24)26-16-6-10-23(11-7-16)18-5-4-15(21)14-22-18;16-12-1-2-15(18-11-12)19-9-5-14(6-10-19)20-13-3-7-17-8-4-13;1-15(2,3)20-14(18)17-10-6-13(7-11-17)19-12-4-8-16-9-5-12;1-6-9(7(2)3)8(4)5;/h4-5,14,16-17H,6-13H2,1-3H3;1-2,11,13-14,17H,3-10H2;12-13,16H,4-11H2,1-3H3;;. The Morgan fingerprint density at radius 1 is 0.532 bits per heavy atom. The highest BCUT2D eigenvalue weighted by molar-refractivity contribution is 7.93. The number of nitrogens with zero attached hydrogens (tertiary/aromatic N) is 6. The molecule has 77 heavy (non-hydrogen) atoms. The lowest BCUT2D eigenvalue weighted by Gasteiger charge is -2.37. The van der Waals surface area contributed by atoms with Crippen LogP contribution in [0.3, 0.4) is 0 Å². The van der Waals surface area contributed by atoms with Crippen LogP contribution in [0, 0.1) is 11.6 Å². The molecule has 8 heterocycles. The molecule has 2 aromatic rings. The van der Waals surface area contributed by atoms with Gasteiger partial charge in [-0.15, -0.1) is 0 Å². The zero-order valence-electron chi connectivity index (χ0n) is 47.0. The van der Waals surface area contributed by atoms with E-state index in [0.29, 0.717) is 37.5 Å². The lowest BCUT2D eigenvalue weighted by Crippen LogP contribution is -2.55. The van der Waals surface area contributed by atoms with Crippen LogP contribution in [0.25, 0.3) is 0 Å². The van der Waals surface area contributed by atoms with E-state index in [1.807, 2.05) is 41.5 Å². The molecule has 6 saturated heterocycles. The second-order valence-corrected chi connectivity index (χ2v) is 22.6. The summed E-state index contributed by atoms with van der Waals surface area (Å²) in [6, 6.07) is 6.40. The van der Waals surface area contributed by atoms with Crippen LogP contribution in [-0.4, -0.2) is 232 Å². The number of carbonyl (C=O) groups excluding carboxylic acids is 2. The van der Waals surface area contributed by atoms with E-state index in [1.54, 1.807) is 21.9 Å². The summed E-state index contributed by atoms with van der Waals surface area (Å²) in [6.45, 7) is 22.0. The lowest BCUT2D eigenvalue weighted by atomic mass is 8.64. The maximum Gasteiger partial charge on any atom is 0.410 e. The van der Waals surface area contributed by atoms with Crippen molar-refractivity contribution in [3.8, 4) is 0 Å². The van der Waals surface area contributed by atoms with Gasteiger partial charge in [-0.2, -0.15) is 0 Å². The molecule has 0 aromatic carbocycles. The first-order valence-electron chi connectivity index (χ1n) is 27.8. The highest BCUT2D eigenvalue weighted by Crippen LogP contribution is 2.26. The molecule has 6 aliphatic heterocycles. The monoisotopic (exact) mass is 1050 g/mol. The van der Waals surface area contributed by atoms with Gasteiger partial charge in [0.1, 0.15) is 34.5 Å². The van der Waals surface area contributed by atoms with Crippen molar-refractivity contribution in [1.82, 2.24) is 30.4 Å². The van der Waals surface area contributed by atoms with Gasteiger partial charge in [-0.05, 0) is 169 Å². The predicted octanol–water partition coefficient (Wildman–Crippen LogP) is 3.91. The maximum absolute atomic E-state index is 13.0. The number of nitrogens with one attached hydrogen (secondary N) is 2. The van der Waals surface area contributed by atoms with E-state index in [0.717, 1.165) is 154 Å². The molecule has 27 heteroatoms. The summed E-state index contributed by atoms with van der Waals surface area (Å²) in [4.78, 5) is 40.3. The van der Waals surface area contributed by atoms with Crippen LogP contribution in [0.5, 0.6) is 0 Å². The second-order valence-electron chi connectivity index (χ2n) is 22.6. The number of likely N-dealkylation sites (tertiary alicyclic amines) is 2. The Balaban J connectivity index is 0.000000232. The fourth-order valence-electron chi connectivity index (χ4n) is 9.75. The summed E-state index contributed by atoms with van der Waals surface area (Å²) < 4.78 is 55.3. The number of hydrogen-bond acceptors (Lipinski definition) is 13. The summed E-state index contributed by atoms with van der Waals surface area (Å²) in [5.41, 5.74) is -0.878. The molecule has 8 rings (SSSR count). The fourth-order valence-corrected chi connectivity index (χ4v) is 9.75. The molecule has 15 nitrogen and oxygen atoms in total. The molecule has 0 atom stereocenters. The van der Waals surface area contributed by atoms with Gasteiger partial charge in [0.05, 0.1) is 49.0 Å². The molecule has 0 unspecified atom stereocenters. The number of hydrogen-bond donors (Lipinski definition) is 2. The first-order chi connectivity index (χ1) is 36.1. The third-order valence-corrected chi connectivity index (χ3v) is 14.0. The minimum atomic E-state index is -0.574. The van der Waals surface area contributed by atoms with E-state index in [1.165, 1.54) is 31.6 Å². The Labute approximate surface area is 470 Å². The number of anilines is 2. The minimum Gasteiger partial charge on any atom is -0.444 e. The van der Waals surface area contributed by atoms with Crippen LogP contribution in [0.2, 0.25) is 0 Å². The quantitative estimate of drug-likeness (QED) is 0.315. The zero-order valence-corrected chi connectivity index (χ0v) is 47.0. The van der Waals surface area contributed by atoms with Crippen molar-refractivity contribution in [2.24, 2.45) is 0 Å². The van der Waals surface area contributed by atoms with Crippen LogP contribution >= 0.6 is 0 Å². The van der Waals surface area contributed by atoms with Gasteiger partial charge in [0, 0.05) is 126 Å². The molecule has 0 spiro atoms. The number of rotatable bonds is 11. The Morgan fingerprint density at radius 3 is 1.05 bits per heavy atom. The van der Waals surface area contributed by atoms with Crippen LogP contribution < -0.4 is 20.4 Å². The van der Waals surface area contributed by atoms with Crippen molar-refractivity contribution < 1.29 is 42.1 Å². The van der Waals surface area contributed by atoms with Gasteiger partial charge in [-0.25, -0.2) is 28.3 Å². The van der Waals surface area contributed by atoms with Crippen LogP contribution in [-0.2, 0) is 23.7 Å². The summed E-state index contributed by atoms with van der Waals surface area (Å²) in [6.07, 6.45) is 14.5. The summed E-state index contributed by atoms with van der Waals surface area (Å²) in [7, 11) is 27.5. The number of halogens is 2. The minimum absolute atomic E-state index is 0. The molecule has 6 aliphatic rings. The first kappa shape index (κ1) is 66.3. The fraction of sp³-hybridized carbons (Fsp3) is 0.760. The third-order valence-electron chi connectivity index (χ3n) is 14.0. The number of amides is 2. The largest absolute Gasteiger partial charge is 0.444 e. The maximum atomic E-state index is 13.0. The Bertz CT molecular complexity index is 1940. The van der Waals surface area contributed by atoms with E-state index >= 15 is 0 Å². The van der Waals surface area contributed by atoms with Gasteiger partial charge in [-0.1, -0.05) is 0 Å². The van der Waals surface area contributed by atoms with Gasteiger partial charge >= 0.3 is 12.2 Å². The van der Waals surface area contributed by atoms with E-state index in [9.17, 15) is 18.4 Å². The molecule has 2 amide bonds. The number of piperidine rings is 6. The smallest absolute Gasteiger partial charge is 0.410 e. The second kappa shape index (κ2) is 33.5. The van der Waals surface area contributed by atoms with Crippen molar-refractivity contribution in [1.29, 1.82) is 0 Å². The van der Waals surface area contributed by atoms with Gasteiger partial charge < -0.3 is 53.9 Å². The van der Waals surface area contributed by atoms with Gasteiger partial charge in [0.15, 0.2) is 0 Å². The Kier molecular flexibility index (Phi) is 28.8. The summed E-state index contributed by atoms with van der Waals surface area (Å²) in [5, 5.41) is 6.70. The van der Waals surface area contributed by atoms with E-state index in [2.05, 4.69) is 30.4 Å². The number of aromatic nitrogens is 2. The van der Waals surface area contributed by atoms with Crippen LogP contribution in [0.1, 0.15) is 119 Å². The zero-order chi connectivity index (χ0) is 55.3. The summed E-state index contributed by atoms with van der Waals surface area (Å²) >= 11 is 0. The average Bonchev–Trinajstić information content (AvgIpc) is 3.38. The van der Waals surface area contributed by atoms with Gasteiger partial charge in [0.25, 0.3) is 0 Å². The molecule has 14 radical (unpaired) electrons. The number of carbonyl (C=O) groups is 2. The van der Waals surface area contributed by atoms with Crippen molar-refractivity contribution >= 4 is 97.1 Å². The molecule has 0 saturated carbocycles. The molecular weight excluding hydrogens is 971 g/mol. The third kappa shape index (κ3) is 25.0. The van der Waals surface area contributed by atoms with Gasteiger partial charge in [-0.3, -0.25) is 0 Å². The Morgan fingerprint density at radius 2 is 0.818 bits per heavy atom. The van der Waals surface area contributed by atoms with Crippen molar-refractivity contribution in [3.63, 3.8) is 0 Å². The number of ether oxygens (including phenoxy) is 5. The molecule has 406 valence electrons. The Hall–Kier alpha value is -3.25. The SMILES string of the molecule is CC(C)(C)OC(=O)N1CCC(OC2CCN(c3ccc(F)cn3)CC2)CC1.CC(C)(C)OC(=O)N1CCC(OC2CCNCC2)CC1.Fc1ccc(N2CCC(OC3CCNCC3)CC2)nc1.[B].[B][B]B(B([B])[B])B([B])[B]. The molecule has 2 N–H and O–H groups in total. The summed E-state index contributed by atoms with van der Waals surface area (Å²) in [5.74, 6) is 1.10. The van der Waals surface area contributed by atoms with Crippen molar-refractivity contribution in [2.75, 3.05) is 88.3 Å². The molecule has 0 aliphatic carbocycles. The number of pyridine rings is 2. The van der Waals surface area contributed by atoms with E-state index in [-0.39, 0.29) is 50.8 Å². The highest BCUT2D eigenvalue weighted by Gasteiger charge is 2.32. The van der Waals surface area contributed by atoms with E-state index < -0.39 is 24.0 Å². The van der Waals surface area contributed by atoms with Crippen molar-refractivity contribution in [2.45, 2.75) is 166 Å². The normalized spacial score (nSPS) is 19.6. The molecule has 6 fully saturated rings. The average molecular weight is 1050 g/mol. The lowest BCUT2D eigenvalue weighted by molar-refractivity contribution is -0.0556. The first-order valence-corrected chi connectivity index (χ1v) is 27.8. The van der Waals surface area contributed by atoms with E-state index in [4.69, 9.17) is 62.4 Å². The molecule has 0 bridgehead atoms. The van der Waals surface area contributed by atoms with Crippen LogP contribution in [0.15, 0.2) is 36.7 Å². The van der Waals surface area contributed by atoms with Crippen LogP contribution in [0.4, 0.5) is 30.0 Å².